The summed E-state index contributed by atoms with van der Waals surface area (Å²) < 4.78 is 0. The lowest BCUT2D eigenvalue weighted by molar-refractivity contribution is 0.233. The molecule has 0 saturated heterocycles. The fourth-order valence-corrected chi connectivity index (χ4v) is 3.33. The van der Waals surface area contributed by atoms with E-state index in [2.05, 4.69) is 11.9 Å². The van der Waals surface area contributed by atoms with Crippen LogP contribution in [0.4, 0.5) is 0 Å². The molecule has 0 amide bonds. The van der Waals surface area contributed by atoms with Crippen molar-refractivity contribution in [1.29, 1.82) is 0 Å². The first-order valence-electron chi connectivity index (χ1n) is 5.94. The van der Waals surface area contributed by atoms with Gasteiger partial charge in [-0.3, -0.25) is 0 Å². The van der Waals surface area contributed by atoms with Gasteiger partial charge in [-0.25, -0.2) is 4.98 Å². The zero-order valence-electron chi connectivity index (χ0n) is 9.36. The van der Waals surface area contributed by atoms with Gasteiger partial charge in [-0.15, -0.1) is 11.3 Å². The highest BCUT2D eigenvalue weighted by Crippen LogP contribution is 2.35. The maximum Gasteiger partial charge on any atom is 0.110 e. The van der Waals surface area contributed by atoms with E-state index >= 15 is 0 Å². The third-order valence-electron chi connectivity index (χ3n) is 3.70. The number of nitrogens with two attached hydrogens (primary N) is 1. The Bertz CT molecular complexity index is 278. The first-order chi connectivity index (χ1) is 7.29. The number of aromatic nitrogens is 1. The Balaban J connectivity index is 1.97. The van der Waals surface area contributed by atoms with Crippen molar-refractivity contribution in [3.05, 3.63) is 16.6 Å². The summed E-state index contributed by atoms with van der Waals surface area (Å²) in [5.41, 5.74) is 6.26. The third-order valence-corrected chi connectivity index (χ3v) is 4.57. The second kappa shape index (κ2) is 5.08. The number of thiazole rings is 1. The minimum absolute atomic E-state index is 0.146. The Kier molecular flexibility index (Phi) is 3.76. The fraction of sp³-hybridized carbons (Fsp3) is 0.750. The second-order valence-electron chi connectivity index (χ2n) is 4.65. The number of nitrogens with zero attached hydrogens (tertiary/aromatic N) is 1. The average molecular weight is 224 g/mol. The Morgan fingerprint density at radius 3 is 2.73 bits per heavy atom. The monoisotopic (exact) mass is 224 g/mol. The maximum absolute atomic E-state index is 6.26. The molecule has 1 heterocycles. The molecule has 0 unspecified atom stereocenters. The van der Waals surface area contributed by atoms with Crippen molar-refractivity contribution in [2.24, 2.45) is 17.6 Å². The molecular formula is C12H20N2S. The third kappa shape index (κ3) is 2.58. The molecule has 84 valence electrons. The first kappa shape index (κ1) is 11.1. The summed E-state index contributed by atoms with van der Waals surface area (Å²) in [4.78, 5) is 4.33. The van der Waals surface area contributed by atoms with E-state index < -0.39 is 0 Å². The van der Waals surface area contributed by atoms with Crippen LogP contribution >= 0.6 is 11.3 Å². The molecule has 1 saturated carbocycles. The molecule has 2 atom stereocenters. The molecule has 0 bridgehead atoms. The summed E-state index contributed by atoms with van der Waals surface area (Å²) in [5, 5.41) is 3.12. The molecule has 0 radical (unpaired) electrons. The second-order valence-corrected chi connectivity index (χ2v) is 5.58. The Labute approximate surface area is 95.9 Å². The van der Waals surface area contributed by atoms with E-state index in [0.717, 1.165) is 10.9 Å². The van der Waals surface area contributed by atoms with Gasteiger partial charge >= 0.3 is 0 Å². The lowest BCUT2D eigenvalue weighted by Gasteiger charge is -2.30. The van der Waals surface area contributed by atoms with Crippen LogP contribution in [0.15, 0.2) is 11.6 Å². The van der Waals surface area contributed by atoms with Crippen LogP contribution in [-0.4, -0.2) is 4.98 Å². The molecule has 1 aromatic rings. The molecule has 2 nitrogen and oxygen atoms in total. The van der Waals surface area contributed by atoms with Crippen LogP contribution in [0.5, 0.6) is 0 Å². The molecule has 0 spiro atoms. The summed E-state index contributed by atoms with van der Waals surface area (Å²) in [5.74, 6) is 1.40. The van der Waals surface area contributed by atoms with Crippen LogP contribution in [0.1, 0.15) is 50.1 Å². The molecule has 2 N–H and O–H groups in total. The summed E-state index contributed by atoms with van der Waals surface area (Å²) in [7, 11) is 0. The van der Waals surface area contributed by atoms with Crippen LogP contribution in [0.25, 0.3) is 0 Å². The zero-order chi connectivity index (χ0) is 10.7. The van der Waals surface area contributed by atoms with E-state index in [4.69, 9.17) is 5.73 Å². The zero-order valence-corrected chi connectivity index (χ0v) is 10.2. The Morgan fingerprint density at radius 2 is 2.13 bits per heavy atom. The molecule has 1 aromatic heterocycles. The predicted octanol–water partition coefficient (Wildman–Crippen LogP) is 3.36. The van der Waals surface area contributed by atoms with Crippen molar-refractivity contribution in [2.45, 2.75) is 45.1 Å². The minimum Gasteiger partial charge on any atom is -0.322 e. The Morgan fingerprint density at radius 1 is 1.40 bits per heavy atom. The smallest absolute Gasteiger partial charge is 0.110 e. The van der Waals surface area contributed by atoms with E-state index in [9.17, 15) is 0 Å². The van der Waals surface area contributed by atoms with Gasteiger partial charge in [0.05, 0.1) is 6.04 Å². The van der Waals surface area contributed by atoms with Crippen molar-refractivity contribution in [1.82, 2.24) is 4.98 Å². The van der Waals surface area contributed by atoms with Crippen LogP contribution in [0, 0.1) is 11.8 Å². The molecule has 1 aliphatic carbocycles. The van der Waals surface area contributed by atoms with E-state index in [-0.39, 0.29) is 6.04 Å². The van der Waals surface area contributed by atoms with Crippen LogP contribution < -0.4 is 5.73 Å². The van der Waals surface area contributed by atoms with Gasteiger partial charge in [-0.05, 0) is 11.8 Å². The highest BCUT2D eigenvalue weighted by atomic mass is 32.1. The largest absolute Gasteiger partial charge is 0.322 e. The normalized spacial score (nSPS) is 22.5. The standard InChI is InChI=1S/C12H20N2S/c1-9(10-5-3-2-4-6-10)11(13)12-14-7-8-15-12/h7-11H,2-6,13H2,1H3/t9-,11+/m1/s1. The van der Waals surface area contributed by atoms with Crippen LogP contribution in [-0.2, 0) is 0 Å². The average Bonchev–Trinajstić information content (AvgIpc) is 2.82. The van der Waals surface area contributed by atoms with Gasteiger partial charge in [-0.1, -0.05) is 39.0 Å². The van der Waals surface area contributed by atoms with Gasteiger partial charge in [0.1, 0.15) is 5.01 Å². The van der Waals surface area contributed by atoms with Crippen molar-refractivity contribution in [3.63, 3.8) is 0 Å². The molecule has 15 heavy (non-hydrogen) atoms. The fourth-order valence-electron chi connectivity index (χ4n) is 2.58. The van der Waals surface area contributed by atoms with Crippen molar-refractivity contribution in [3.8, 4) is 0 Å². The van der Waals surface area contributed by atoms with Gasteiger partial charge < -0.3 is 5.73 Å². The van der Waals surface area contributed by atoms with Gasteiger partial charge in [0, 0.05) is 11.6 Å². The first-order valence-corrected chi connectivity index (χ1v) is 6.82. The summed E-state index contributed by atoms with van der Waals surface area (Å²) in [6.45, 7) is 2.29. The summed E-state index contributed by atoms with van der Waals surface area (Å²) in [6.07, 6.45) is 8.77. The molecular weight excluding hydrogens is 204 g/mol. The van der Waals surface area contributed by atoms with E-state index in [1.54, 1.807) is 11.3 Å². The van der Waals surface area contributed by atoms with Gasteiger partial charge in [-0.2, -0.15) is 0 Å². The van der Waals surface area contributed by atoms with E-state index in [1.807, 2.05) is 11.6 Å². The summed E-state index contributed by atoms with van der Waals surface area (Å²) in [6, 6.07) is 0.146. The van der Waals surface area contributed by atoms with Gasteiger partial charge in [0.15, 0.2) is 0 Å². The maximum atomic E-state index is 6.26. The number of hydrogen-bond acceptors (Lipinski definition) is 3. The molecule has 1 aliphatic rings. The highest BCUT2D eigenvalue weighted by molar-refractivity contribution is 7.09. The van der Waals surface area contributed by atoms with Crippen molar-refractivity contribution >= 4 is 11.3 Å². The molecule has 2 rings (SSSR count). The Hall–Kier alpha value is -0.410. The molecule has 1 fully saturated rings. The van der Waals surface area contributed by atoms with Gasteiger partial charge in [0.2, 0.25) is 0 Å². The topological polar surface area (TPSA) is 38.9 Å². The van der Waals surface area contributed by atoms with E-state index in [1.165, 1.54) is 32.1 Å². The van der Waals surface area contributed by atoms with Crippen molar-refractivity contribution < 1.29 is 0 Å². The van der Waals surface area contributed by atoms with E-state index in [0.29, 0.717) is 5.92 Å². The highest BCUT2D eigenvalue weighted by Gasteiger charge is 2.26. The quantitative estimate of drug-likeness (QED) is 0.855. The van der Waals surface area contributed by atoms with Crippen molar-refractivity contribution in [2.75, 3.05) is 0 Å². The minimum atomic E-state index is 0.146. The van der Waals surface area contributed by atoms with Gasteiger partial charge in [0.25, 0.3) is 0 Å². The lowest BCUT2D eigenvalue weighted by atomic mass is 9.78. The number of rotatable bonds is 3. The van der Waals surface area contributed by atoms with Crippen LogP contribution in [0.3, 0.4) is 0 Å². The molecule has 0 aliphatic heterocycles. The number of hydrogen-bond donors (Lipinski definition) is 1. The summed E-state index contributed by atoms with van der Waals surface area (Å²) >= 11 is 1.69. The van der Waals surface area contributed by atoms with Crippen LogP contribution in [0.2, 0.25) is 0 Å². The predicted molar refractivity (Wildman–Crippen MR) is 64.8 cm³/mol. The lowest BCUT2D eigenvalue weighted by Crippen LogP contribution is -2.27. The SMILES string of the molecule is C[C@H](C1CCCCC1)[C@H](N)c1nccs1. The molecule has 3 heteroatoms. The molecule has 0 aromatic carbocycles.